The maximum Gasteiger partial charge on any atom is 0.306 e. The van der Waals surface area contributed by atoms with Crippen LogP contribution in [0, 0.1) is 0 Å². The van der Waals surface area contributed by atoms with Gasteiger partial charge in [0.05, 0.1) is 0 Å². The minimum absolute atomic E-state index is 0.129. The van der Waals surface area contributed by atoms with E-state index in [1.165, 1.54) is 0 Å². The fraction of sp³-hybridized carbons (Fsp3) is 0.521. The molecule has 0 aromatic rings. The van der Waals surface area contributed by atoms with Gasteiger partial charge in [0, 0.05) is 19.3 Å². The molecule has 0 saturated carbocycles. The van der Waals surface area contributed by atoms with E-state index in [-0.39, 0.29) is 37.5 Å². The zero-order valence-electron chi connectivity index (χ0n) is 33.9. The van der Waals surface area contributed by atoms with Gasteiger partial charge in [0.1, 0.15) is 13.2 Å². The van der Waals surface area contributed by atoms with Gasteiger partial charge in [0.15, 0.2) is 6.10 Å². The number of carbonyl (C=O) groups is 3. The fourth-order valence-corrected chi connectivity index (χ4v) is 4.80. The molecule has 300 valence electrons. The van der Waals surface area contributed by atoms with Gasteiger partial charge in [-0.1, -0.05) is 149 Å². The molecule has 0 N–H and O–H groups in total. The molecule has 0 rings (SSSR count). The Labute approximate surface area is 329 Å². The highest BCUT2D eigenvalue weighted by molar-refractivity contribution is 5.71. The molecule has 0 heterocycles. The topological polar surface area (TPSA) is 78.9 Å². The summed E-state index contributed by atoms with van der Waals surface area (Å²) in [5.74, 6) is -1.07. The monoisotopic (exact) mass is 745 g/mol. The molecular formula is C48H72O6. The first-order valence-electron chi connectivity index (χ1n) is 20.6. The van der Waals surface area contributed by atoms with Crippen LogP contribution in [0.2, 0.25) is 0 Å². The average Bonchev–Trinajstić information content (AvgIpc) is 3.17. The van der Waals surface area contributed by atoms with Gasteiger partial charge in [0.2, 0.25) is 0 Å². The molecule has 0 spiro atoms. The van der Waals surface area contributed by atoms with Crippen LogP contribution in [0.15, 0.2) is 122 Å². The Balaban J connectivity index is 4.58. The number of rotatable bonds is 34. The normalized spacial score (nSPS) is 13.3. The van der Waals surface area contributed by atoms with E-state index in [4.69, 9.17) is 14.2 Å². The first-order chi connectivity index (χ1) is 26.5. The van der Waals surface area contributed by atoms with E-state index >= 15 is 0 Å². The molecular weight excluding hydrogens is 673 g/mol. The number of esters is 3. The number of allylic oxidation sites excluding steroid dienone is 20. The Morgan fingerprint density at radius 2 is 0.759 bits per heavy atom. The van der Waals surface area contributed by atoms with Gasteiger partial charge in [-0.2, -0.15) is 0 Å². The lowest BCUT2D eigenvalue weighted by molar-refractivity contribution is -0.167. The second-order valence-electron chi connectivity index (χ2n) is 12.9. The van der Waals surface area contributed by atoms with Crippen molar-refractivity contribution in [2.75, 3.05) is 13.2 Å². The second-order valence-corrected chi connectivity index (χ2v) is 12.9. The third-order valence-electron chi connectivity index (χ3n) is 7.82. The summed E-state index contributed by atoms with van der Waals surface area (Å²) in [6.45, 7) is 6.09. The summed E-state index contributed by atoms with van der Waals surface area (Å²) in [5.41, 5.74) is 0. The Morgan fingerprint density at radius 1 is 0.389 bits per heavy atom. The van der Waals surface area contributed by atoms with Crippen molar-refractivity contribution in [3.8, 4) is 0 Å². The van der Waals surface area contributed by atoms with Crippen LogP contribution < -0.4 is 0 Å². The van der Waals surface area contributed by atoms with E-state index < -0.39 is 6.10 Å². The second kappa shape index (κ2) is 41.6. The van der Waals surface area contributed by atoms with Crippen molar-refractivity contribution in [2.24, 2.45) is 0 Å². The molecule has 54 heavy (non-hydrogen) atoms. The van der Waals surface area contributed by atoms with Crippen molar-refractivity contribution in [3.63, 3.8) is 0 Å². The molecule has 0 aliphatic heterocycles. The van der Waals surface area contributed by atoms with Crippen LogP contribution in [0.5, 0.6) is 0 Å². The molecule has 0 aliphatic carbocycles. The van der Waals surface area contributed by atoms with Crippen molar-refractivity contribution < 1.29 is 28.6 Å². The van der Waals surface area contributed by atoms with Crippen molar-refractivity contribution in [2.45, 2.75) is 149 Å². The van der Waals surface area contributed by atoms with E-state index in [2.05, 4.69) is 93.7 Å². The van der Waals surface area contributed by atoms with E-state index in [0.717, 1.165) is 89.9 Å². The molecule has 0 bridgehead atoms. The maximum atomic E-state index is 12.6. The van der Waals surface area contributed by atoms with E-state index in [1.807, 2.05) is 48.6 Å². The minimum atomic E-state index is -0.828. The molecule has 6 heteroatoms. The SMILES string of the molecule is CC\C=C/C=C\C=C/C=C\C=C/CCCCCC(=O)OCC(COC(=O)CCCC/C=C\C/C=C\CC)OC(=O)CCCC/C=C\C/C=C\C/C=C\CC. The van der Waals surface area contributed by atoms with Crippen LogP contribution in [-0.4, -0.2) is 37.2 Å². The fourth-order valence-electron chi connectivity index (χ4n) is 4.80. The van der Waals surface area contributed by atoms with Crippen LogP contribution >= 0.6 is 0 Å². The lowest BCUT2D eigenvalue weighted by atomic mass is 10.1. The third kappa shape index (κ3) is 39.0. The lowest BCUT2D eigenvalue weighted by Gasteiger charge is -2.18. The van der Waals surface area contributed by atoms with Gasteiger partial charge in [-0.05, 0) is 96.3 Å². The molecule has 0 amide bonds. The molecule has 0 fully saturated rings. The zero-order chi connectivity index (χ0) is 39.4. The third-order valence-corrected chi connectivity index (χ3v) is 7.82. The standard InChI is InChI=1S/C48H72O6/c1-4-7-10-13-16-19-21-23-24-25-27-29-32-35-38-41-47(50)53-44-45(43-52-46(49)40-37-34-31-28-18-15-12-9-6-3)54-48(51)42-39-36-33-30-26-22-20-17-14-11-8-5-2/h7-13,16-21,23-28,30,45H,4-6,14-15,22,29,31-44H2,1-3H3/b10-7-,11-8-,12-9-,16-13-,20-17-,21-19-,24-23-,27-25-,28-18-,30-26-. The quantitative estimate of drug-likeness (QED) is 0.0215. The Morgan fingerprint density at radius 3 is 1.26 bits per heavy atom. The largest absolute Gasteiger partial charge is 0.462 e. The molecule has 0 aromatic heterocycles. The van der Waals surface area contributed by atoms with Crippen LogP contribution in [0.1, 0.15) is 143 Å². The number of ether oxygens (including phenoxy) is 3. The van der Waals surface area contributed by atoms with Crippen molar-refractivity contribution >= 4 is 17.9 Å². The van der Waals surface area contributed by atoms with Crippen LogP contribution in [-0.2, 0) is 28.6 Å². The first kappa shape index (κ1) is 49.8. The molecule has 1 atom stereocenters. The van der Waals surface area contributed by atoms with Gasteiger partial charge in [0.25, 0.3) is 0 Å². The van der Waals surface area contributed by atoms with Gasteiger partial charge in [-0.15, -0.1) is 0 Å². The van der Waals surface area contributed by atoms with Crippen LogP contribution in [0.3, 0.4) is 0 Å². The summed E-state index contributed by atoms with van der Waals surface area (Å²) < 4.78 is 16.5. The summed E-state index contributed by atoms with van der Waals surface area (Å²) in [6.07, 6.45) is 56.3. The Bertz CT molecular complexity index is 1220. The summed E-state index contributed by atoms with van der Waals surface area (Å²) in [4.78, 5) is 37.5. The molecule has 0 aliphatic rings. The molecule has 6 nitrogen and oxygen atoms in total. The maximum absolute atomic E-state index is 12.6. The van der Waals surface area contributed by atoms with Gasteiger partial charge in [-0.3, -0.25) is 14.4 Å². The highest BCUT2D eigenvalue weighted by atomic mass is 16.6. The number of unbranched alkanes of at least 4 members (excludes halogenated alkanes) is 7. The van der Waals surface area contributed by atoms with E-state index in [0.29, 0.717) is 25.7 Å². The Kier molecular flexibility index (Phi) is 38.3. The highest BCUT2D eigenvalue weighted by Gasteiger charge is 2.19. The number of hydrogen-bond donors (Lipinski definition) is 0. The number of carbonyl (C=O) groups excluding carboxylic acids is 3. The Hall–Kier alpha value is -4.19. The average molecular weight is 745 g/mol. The molecule has 0 radical (unpaired) electrons. The van der Waals surface area contributed by atoms with Crippen molar-refractivity contribution in [1.82, 2.24) is 0 Å². The summed E-state index contributed by atoms with van der Waals surface area (Å²) in [5, 5.41) is 0. The van der Waals surface area contributed by atoms with Crippen LogP contribution in [0.4, 0.5) is 0 Å². The minimum Gasteiger partial charge on any atom is -0.462 e. The van der Waals surface area contributed by atoms with Crippen LogP contribution in [0.25, 0.3) is 0 Å². The molecule has 0 aromatic carbocycles. The van der Waals surface area contributed by atoms with Crippen molar-refractivity contribution in [3.05, 3.63) is 122 Å². The number of hydrogen-bond acceptors (Lipinski definition) is 6. The van der Waals surface area contributed by atoms with E-state index in [9.17, 15) is 14.4 Å². The smallest absolute Gasteiger partial charge is 0.306 e. The lowest BCUT2D eigenvalue weighted by Crippen LogP contribution is -2.30. The highest BCUT2D eigenvalue weighted by Crippen LogP contribution is 2.10. The molecule has 0 saturated heterocycles. The predicted octanol–water partition coefficient (Wildman–Crippen LogP) is 13.0. The van der Waals surface area contributed by atoms with Crippen molar-refractivity contribution in [1.29, 1.82) is 0 Å². The van der Waals surface area contributed by atoms with Gasteiger partial charge in [-0.25, -0.2) is 0 Å². The summed E-state index contributed by atoms with van der Waals surface area (Å²) in [7, 11) is 0. The summed E-state index contributed by atoms with van der Waals surface area (Å²) in [6, 6.07) is 0. The van der Waals surface area contributed by atoms with Gasteiger partial charge >= 0.3 is 17.9 Å². The van der Waals surface area contributed by atoms with E-state index in [1.54, 1.807) is 0 Å². The molecule has 1 unspecified atom stereocenters. The summed E-state index contributed by atoms with van der Waals surface area (Å²) >= 11 is 0. The zero-order valence-corrected chi connectivity index (χ0v) is 33.9. The van der Waals surface area contributed by atoms with Gasteiger partial charge < -0.3 is 14.2 Å². The first-order valence-corrected chi connectivity index (χ1v) is 20.6. The predicted molar refractivity (Wildman–Crippen MR) is 228 cm³/mol.